The fourth-order valence-corrected chi connectivity index (χ4v) is 0.873. The van der Waals surface area contributed by atoms with E-state index >= 15 is 0 Å². The van der Waals surface area contributed by atoms with Gasteiger partial charge in [0, 0.05) is 0 Å². The van der Waals surface area contributed by atoms with Gasteiger partial charge >= 0.3 is 18.0 Å². The van der Waals surface area contributed by atoms with Crippen molar-refractivity contribution in [2.45, 2.75) is 30.1 Å². The molecule has 86 valence electrons. The summed E-state index contributed by atoms with van der Waals surface area (Å²) in [4.78, 5) is 0. The van der Waals surface area contributed by atoms with Crippen LogP contribution in [0, 0.1) is 0 Å². The van der Waals surface area contributed by atoms with E-state index in [1.807, 2.05) is 0 Å². The maximum atomic E-state index is 12.6. The van der Waals surface area contributed by atoms with Gasteiger partial charge in [-0.2, -0.15) is 26.3 Å². The lowest BCUT2D eigenvalue weighted by molar-refractivity contribution is -0.362. The van der Waals surface area contributed by atoms with Gasteiger partial charge in [0.15, 0.2) is 0 Å². The van der Waals surface area contributed by atoms with Gasteiger partial charge in [-0.25, -0.2) is 8.78 Å². The maximum absolute atomic E-state index is 12.6. The lowest BCUT2D eigenvalue weighted by Gasteiger charge is -2.35. The summed E-state index contributed by atoms with van der Waals surface area (Å²) in [7, 11) is 0. The fraction of sp³-hybridized carbons (Fsp3) is 1.00. The third kappa shape index (κ3) is 1.89. The van der Waals surface area contributed by atoms with Crippen LogP contribution in [0.4, 0.5) is 35.1 Å². The van der Waals surface area contributed by atoms with Gasteiger partial charge < -0.3 is 0 Å². The van der Waals surface area contributed by atoms with Gasteiger partial charge in [0.2, 0.25) is 5.13 Å². The Morgan fingerprint density at radius 1 is 0.714 bits per heavy atom. The average molecular weight is 251 g/mol. The molecule has 0 fully saturated rings. The molecule has 0 aromatic carbocycles. The quantitative estimate of drug-likeness (QED) is 0.491. The standard InChI is InChI=1S/C5H3ClF8/c1-2(6,7)3(8,4(9,10)11)5(12,13)14/h1H3. The molecule has 0 spiro atoms. The molecule has 0 N–H and O–H groups in total. The first-order chi connectivity index (χ1) is 5.75. The van der Waals surface area contributed by atoms with Crippen molar-refractivity contribution in [1.29, 1.82) is 0 Å². The highest BCUT2D eigenvalue weighted by Gasteiger charge is 2.81. The van der Waals surface area contributed by atoms with Gasteiger partial charge in [-0.15, -0.1) is 0 Å². The molecular weight excluding hydrogens is 247 g/mol. The molecule has 0 amide bonds. The van der Waals surface area contributed by atoms with Crippen LogP contribution in [-0.4, -0.2) is 23.1 Å². The van der Waals surface area contributed by atoms with Crippen molar-refractivity contribution in [2.24, 2.45) is 0 Å². The van der Waals surface area contributed by atoms with Crippen molar-refractivity contribution in [3.05, 3.63) is 0 Å². The van der Waals surface area contributed by atoms with Crippen molar-refractivity contribution in [3.63, 3.8) is 0 Å². The van der Waals surface area contributed by atoms with Crippen LogP contribution in [0.25, 0.3) is 0 Å². The number of hydrogen-bond acceptors (Lipinski definition) is 0. The molecule has 0 saturated carbocycles. The van der Waals surface area contributed by atoms with E-state index in [-0.39, 0.29) is 6.92 Å². The molecule has 1 atom stereocenters. The molecule has 0 aliphatic heterocycles. The van der Waals surface area contributed by atoms with Gasteiger partial charge in [0.25, 0.3) is 0 Å². The zero-order chi connectivity index (χ0) is 12.0. The molecule has 0 heterocycles. The normalized spacial score (nSPS) is 19.3. The van der Waals surface area contributed by atoms with E-state index in [4.69, 9.17) is 0 Å². The Morgan fingerprint density at radius 3 is 0.929 bits per heavy atom. The van der Waals surface area contributed by atoms with E-state index in [0.29, 0.717) is 0 Å². The zero-order valence-electron chi connectivity index (χ0n) is 6.40. The first-order valence-corrected chi connectivity index (χ1v) is 3.33. The van der Waals surface area contributed by atoms with Crippen LogP contribution in [-0.2, 0) is 0 Å². The van der Waals surface area contributed by atoms with E-state index in [1.165, 1.54) is 0 Å². The highest BCUT2D eigenvalue weighted by molar-refractivity contribution is 6.23. The molecule has 0 aliphatic carbocycles. The Bertz CT molecular complexity index is 171. The van der Waals surface area contributed by atoms with E-state index in [0.717, 1.165) is 0 Å². The van der Waals surface area contributed by atoms with Gasteiger partial charge in [0.1, 0.15) is 0 Å². The summed E-state index contributed by atoms with van der Waals surface area (Å²) >= 11 is 4.13. The summed E-state index contributed by atoms with van der Waals surface area (Å²) in [6.45, 7) is -0.352. The summed E-state index contributed by atoms with van der Waals surface area (Å²) in [5.74, 6) is 0. The summed E-state index contributed by atoms with van der Waals surface area (Å²) in [6, 6.07) is 0. The lowest BCUT2D eigenvalue weighted by Crippen LogP contribution is -2.62. The van der Waals surface area contributed by atoms with Crippen molar-refractivity contribution in [2.75, 3.05) is 0 Å². The monoisotopic (exact) mass is 250 g/mol. The fourth-order valence-electron chi connectivity index (χ4n) is 0.658. The van der Waals surface area contributed by atoms with Crippen LogP contribution < -0.4 is 0 Å². The summed E-state index contributed by atoms with van der Waals surface area (Å²) in [5, 5.41) is -4.62. The predicted octanol–water partition coefficient (Wildman–Crippen LogP) is 3.74. The second kappa shape index (κ2) is 3.11. The van der Waals surface area contributed by atoms with Crippen LogP contribution in [0.3, 0.4) is 0 Å². The second-order valence-electron chi connectivity index (χ2n) is 2.54. The van der Waals surface area contributed by atoms with Gasteiger partial charge in [-0.05, 0) is 6.92 Å². The van der Waals surface area contributed by atoms with Gasteiger partial charge in [-0.3, -0.25) is 0 Å². The van der Waals surface area contributed by atoms with E-state index in [1.54, 1.807) is 0 Å². The number of hydrogen-bond donors (Lipinski definition) is 0. The topological polar surface area (TPSA) is 0 Å². The van der Waals surface area contributed by atoms with Crippen LogP contribution in [0.15, 0.2) is 0 Å². The molecule has 9 heteroatoms. The molecule has 14 heavy (non-hydrogen) atoms. The molecule has 0 aromatic heterocycles. The van der Waals surface area contributed by atoms with Crippen molar-refractivity contribution < 1.29 is 35.1 Å². The molecule has 0 saturated heterocycles. The third-order valence-electron chi connectivity index (χ3n) is 1.39. The van der Waals surface area contributed by atoms with Crippen LogP contribution in [0.2, 0.25) is 0 Å². The molecule has 0 aliphatic rings. The predicted molar refractivity (Wildman–Crippen MR) is 31.3 cm³/mol. The Balaban J connectivity index is 5.54. The smallest absolute Gasteiger partial charge is 0.222 e. The minimum atomic E-state index is -6.48. The molecule has 0 radical (unpaired) electrons. The van der Waals surface area contributed by atoms with E-state index < -0.39 is 23.1 Å². The number of rotatable bonds is 1. The van der Waals surface area contributed by atoms with E-state index in [9.17, 15) is 35.1 Å². The Kier molecular flexibility index (Phi) is 3.05. The largest absolute Gasteiger partial charge is 0.436 e. The molecule has 1 unspecified atom stereocenters. The zero-order valence-corrected chi connectivity index (χ0v) is 7.16. The first kappa shape index (κ1) is 13.7. The Hall–Kier alpha value is -0.270. The highest BCUT2D eigenvalue weighted by atomic mass is 35.5. The van der Waals surface area contributed by atoms with Crippen LogP contribution in [0.1, 0.15) is 6.92 Å². The molecular formula is C5H3ClF8. The van der Waals surface area contributed by atoms with Gasteiger partial charge in [-0.1, -0.05) is 11.6 Å². The first-order valence-electron chi connectivity index (χ1n) is 2.95. The Labute approximate surface area is 77.8 Å². The van der Waals surface area contributed by atoms with E-state index in [2.05, 4.69) is 11.6 Å². The van der Waals surface area contributed by atoms with Crippen molar-refractivity contribution >= 4 is 11.6 Å². The number of halogens is 9. The van der Waals surface area contributed by atoms with Crippen molar-refractivity contribution in [1.82, 2.24) is 0 Å². The van der Waals surface area contributed by atoms with Crippen LogP contribution >= 0.6 is 11.6 Å². The SMILES string of the molecule is CC(F)(Cl)C(F)(C(F)(F)F)C(F)(F)F. The molecule has 0 bridgehead atoms. The van der Waals surface area contributed by atoms with Crippen LogP contribution in [0.5, 0.6) is 0 Å². The summed E-state index contributed by atoms with van der Waals surface area (Å²) in [6.07, 6.45) is -13.0. The van der Waals surface area contributed by atoms with Gasteiger partial charge in [0.05, 0.1) is 0 Å². The number of alkyl halides is 9. The van der Waals surface area contributed by atoms with Crippen molar-refractivity contribution in [3.8, 4) is 0 Å². The minimum Gasteiger partial charge on any atom is -0.222 e. The minimum absolute atomic E-state index is 0.352. The third-order valence-corrected chi connectivity index (χ3v) is 1.65. The Morgan fingerprint density at radius 2 is 0.929 bits per heavy atom. The second-order valence-corrected chi connectivity index (χ2v) is 3.25. The molecule has 0 nitrogen and oxygen atoms in total. The molecule has 0 rings (SSSR count). The summed E-state index contributed by atoms with van der Waals surface area (Å²) in [5.41, 5.74) is -6.09. The average Bonchev–Trinajstić information content (AvgIpc) is 1.77. The summed E-state index contributed by atoms with van der Waals surface area (Å²) < 4.78 is 95.0. The maximum Gasteiger partial charge on any atom is 0.436 e. The lowest BCUT2D eigenvalue weighted by atomic mass is 9.99. The highest BCUT2D eigenvalue weighted by Crippen LogP contribution is 2.55. The molecule has 0 aromatic rings.